The van der Waals surface area contributed by atoms with E-state index in [-0.39, 0.29) is 26.9 Å². The van der Waals surface area contributed by atoms with Crippen LogP contribution < -0.4 is 19.5 Å². The quantitative estimate of drug-likeness (QED) is 0.430. The lowest BCUT2D eigenvalue weighted by Crippen LogP contribution is -2.21. The average molecular weight is 537 g/mol. The first-order chi connectivity index (χ1) is 16.7. The fourth-order valence-electron chi connectivity index (χ4n) is 3.07. The second-order valence-electron chi connectivity index (χ2n) is 7.24. The summed E-state index contributed by atoms with van der Waals surface area (Å²) in [5.74, 6) is -0.550. The van der Waals surface area contributed by atoms with E-state index in [1.54, 1.807) is 6.07 Å². The van der Waals surface area contributed by atoms with Crippen LogP contribution in [0.25, 0.3) is 0 Å². The van der Waals surface area contributed by atoms with Crippen molar-refractivity contribution in [2.45, 2.75) is 4.90 Å². The Kier molecular flexibility index (Phi) is 7.34. The first-order valence-electron chi connectivity index (χ1n) is 10.2. The molecule has 0 unspecified atom stereocenters. The normalized spacial score (nSPS) is 12.5. The minimum absolute atomic E-state index is 0.00365. The van der Waals surface area contributed by atoms with Gasteiger partial charge in [-0.15, -0.1) is 0 Å². The molecule has 9 nitrogen and oxygen atoms in total. The number of fused-ring (bicyclic) bond motifs is 1. The van der Waals surface area contributed by atoms with E-state index in [2.05, 4.69) is 10.0 Å². The predicted molar refractivity (Wildman–Crippen MR) is 130 cm³/mol. The summed E-state index contributed by atoms with van der Waals surface area (Å²) in [7, 11) is -3.91. The van der Waals surface area contributed by atoms with Gasteiger partial charge in [-0.3, -0.25) is 9.52 Å². The molecule has 1 amide bonds. The highest BCUT2D eigenvalue weighted by atomic mass is 35.5. The fraction of sp³-hybridized carbons (Fsp3) is 0.130. The van der Waals surface area contributed by atoms with Gasteiger partial charge in [-0.1, -0.05) is 23.2 Å². The number of hydrogen-bond donors (Lipinski definition) is 2. The Bertz CT molecular complexity index is 1380. The van der Waals surface area contributed by atoms with Gasteiger partial charge in [-0.2, -0.15) is 0 Å². The Morgan fingerprint density at radius 1 is 0.914 bits per heavy atom. The van der Waals surface area contributed by atoms with E-state index in [9.17, 15) is 18.0 Å². The molecular formula is C23H18Cl2N2O7S. The van der Waals surface area contributed by atoms with Crippen molar-refractivity contribution in [3.05, 3.63) is 76.3 Å². The largest absolute Gasteiger partial charge is 0.486 e. The molecule has 0 bridgehead atoms. The van der Waals surface area contributed by atoms with Crippen molar-refractivity contribution in [1.82, 2.24) is 0 Å². The van der Waals surface area contributed by atoms with E-state index in [0.29, 0.717) is 29.7 Å². The molecule has 4 rings (SSSR count). The fourth-order valence-corrected chi connectivity index (χ4v) is 4.48. The Morgan fingerprint density at radius 3 is 2.37 bits per heavy atom. The topological polar surface area (TPSA) is 120 Å². The molecule has 1 aliphatic rings. The molecule has 35 heavy (non-hydrogen) atoms. The lowest BCUT2D eigenvalue weighted by atomic mass is 10.2. The van der Waals surface area contributed by atoms with E-state index in [1.807, 2.05) is 0 Å². The van der Waals surface area contributed by atoms with Crippen LogP contribution in [0.3, 0.4) is 0 Å². The summed E-state index contributed by atoms with van der Waals surface area (Å²) in [5.41, 5.74) is 0.639. The summed E-state index contributed by atoms with van der Waals surface area (Å²) in [6.45, 7) is 0.171. The second kappa shape index (κ2) is 10.4. The van der Waals surface area contributed by atoms with Crippen LogP contribution >= 0.6 is 23.2 Å². The van der Waals surface area contributed by atoms with Gasteiger partial charge in [-0.05, 0) is 54.6 Å². The molecule has 0 fully saturated rings. The standard InChI is InChI=1S/C23H18Cl2N2O7S/c24-15-3-7-18(25)19(11-15)26-22(28)13-34-23(29)14-1-4-16(5-2-14)27-35(30,31)17-6-8-20-21(12-17)33-10-9-32-20/h1-8,11-12,27H,9-10,13H2,(H,26,28). The molecule has 3 aromatic carbocycles. The van der Waals surface area contributed by atoms with Crippen LogP contribution in [-0.4, -0.2) is 40.1 Å². The number of sulfonamides is 1. The molecule has 0 spiro atoms. The third-order valence-electron chi connectivity index (χ3n) is 4.73. The van der Waals surface area contributed by atoms with E-state index < -0.39 is 28.5 Å². The number of ether oxygens (including phenoxy) is 3. The number of rotatable bonds is 7. The molecule has 3 aromatic rings. The maximum Gasteiger partial charge on any atom is 0.338 e. The molecule has 0 saturated carbocycles. The third kappa shape index (κ3) is 6.16. The number of nitrogens with one attached hydrogen (secondary N) is 2. The number of hydrogen-bond acceptors (Lipinski definition) is 7. The summed E-state index contributed by atoms with van der Waals surface area (Å²) in [6, 6.07) is 14.4. The van der Waals surface area contributed by atoms with Crippen LogP contribution in [0.1, 0.15) is 10.4 Å². The Morgan fingerprint density at radius 2 is 1.63 bits per heavy atom. The number of esters is 1. The summed E-state index contributed by atoms with van der Waals surface area (Å²) < 4.78 is 43.7. The first kappa shape index (κ1) is 24.6. The monoisotopic (exact) mass is 536 g/mol. The molecule has 0 saturated heterocycles. The van der Waals surface area contributed by atoms with Gasteiger partial charge in [0, 0.05) is 16.8 Å². The van der Waals surface area contributed by atoms with E-state index in [1.165, 1.54) is 54.6 Å². The van der Waals surface area contributed by atoms with Crippen molar-refractivity contribution in [2.24, 2.45) is 0 Å². The minimum atomic E-state index is -3.91. The van der Waals surface area contributed by atoms with Gasteiger partial charge >= 0.3 is 5.97 Å². The maximum absolute atomic E-state index is 12.7. The van der Waals surface area contributed by atoms with Crippen LogP contribution in [0.5, 0.6) is 11.5 Å². The lowest BCUT2D eigenvalue weighted by molar-refractivity contribution is -0.119. The van der Waals surface area contributed by atoms with Crippen molar-refractivity contribution in [2.75, 3.05) is 29.9 Å². The highest BCUT2D eigenvalue weighted by Crippen LogP contribution is 2.32. The summed E-state index contributed by atoms with van der Waals surface area (Å²) in [5, 5.41) is 3.16. The number of carbonyl (C=O) groups is 2. The van der Waals surface area contributed by atoms with Gasteiger partial charge in [-0.25, -0.2) is 13.2 Å². The highest BCUT2D eigenvalue weighted by Gasteiger charge is 2.20. The minimum Gasteiger partial charge on any atom is -0.486 e. The van der Waals surface area contributed by atoms with Crippen molar-refractivity contribution < 1.29 is 32.2 Å². The smallest absolute Gasteiger partial charge is 0.338 e. The van der Waals surface area contributed by atoms with Crippen molar-refractivity contribution >= 4 is 56.5 Å². The highest BCUT2D eigenvalue weighted by molar-refractivity contribution is 7.92. The van der Waals surface area contributed by atoms with Crippen LogP contribution in [0.4, 0.5) is 11.4 Å². The number of amides is 1. The van der Waals surface area contributed by atoms with Gasteiger partial charge in [0.15, 0.2) is 18.1 Å². The van der Waals surface area contributed by atoms with Crippen LogP contribution in [-0.2, 0) is 19.6 Å². The van der Waals surface area contributed by atoms with Crippen molar-refractivity contribution in [3.63, 3.8) is 0 Å². The van der Waals surface area contributed by atoms with Crippen molar-refractivity contribution in [3.8, 4) is 11.5 Å². The van der Waals surface area contributed by atoms with Crippen LogP contribution in [0.2, 0.25) is 10.0 Å². The lowest BCUT2D eigenvalue weighted by Gasteiger charge is -2.19. The SMILES string of the molecule is O=C(COC(=O)c1ccc(NS(=O)(=O)c2ccc3c(c2)OCCO3)cc1)Nc1cc(Cl)ccc1Cl. The van der Waals surface area contributed by atoms with Gasteiger partial charge in [0.05, 0.1) is 21.2 Å². The van der Waals surface area contributed by atoms with E-state index in [4.69, 9.17) is 37.4 Å². The predicted octanol–water partition coefficient (Wildman–Crippen LogP) is 4.36. The number of halogens is 2. The average Bonchev–Trinajstić information content (AvgIpc) is 2.84. The molecule has 182 valence electrons. The molecule has 1 aliphatic heterocycles. The summed E-state index contributed by atoms with van der Waals surface area (Å²) >= 11 is 11.9. The molecular weight excluding hydrogens is 519 g/mol. The number of benzene rings is 3. The van der Waals surface area contributed by atoms with E-state index in [0.717, 1.165) is 0 Å². The number of carbonyl (C=O) groups excluding carboxylic acids is 2. The van der Waals surface area contributed by atoms with Crippen LogP contribution in [0, 0.1) is 0 Å². The van der Waals surface area contributed by atoms with Gasteiger partial charge < -0.3 is 19.5 Å². The Hall–Kier alpha value is -3.47. The van der Waals surface area contributed by atoms with E-state index >= 15 is 0 Å². The second-order valence-corrected chi connectivity index (χ2v) is 9.76. The zero-order valence-electron chi connectivity index (χ0n) is 17.9. The Balaban J connectivity index is 1.34. The molecule has 0 atom stereocenters. The molecule has 2 N–H and O–H groups in total. The molecule has 0 radical (unpaired) electrons. The van der Waals surface area contributed by atoms with Gasteiger partial charge in [0.2, 0.25) is 0 Å². The summed E-state index contributed by atoms with van der Waals surface area (Å²) in [4.78, 5) is 24.3. The van der Waals surface area contributed by atoms with Crippen LogP contribution in [0.15, 0.2) is 65.6 Å². The third-order valence-corrected chi connectivity index (χ3v) is 6.68. The molecule has 1 heterocycles. The Labute approximate surface area is 210 Å². The molecule has 0 aliphatic carbocycles. The number of anilines is 2. The molecule has 12 heteroatoms. The zero-order valence-corrected chi connectivity index (χ0v) is 20.2. The maximum atomic E-state index is 12.7. The van der Waals surface area contributed by atoms with Gasteiger partial charge in [0.25, 0.3) is 15.9 Å². The zero-order chi connectivity index (χ0) is 25.0. The summed E-state index contributed by atoms with van der Waals surface area (Å²) in [6.07, 6.45) is 0. The molecule has 0 aromatic heterocycles. The van der Waals surface area contributed by atoms with Gasteiger partial charge in [0.1, 0.15) is 13.2 Å². The first-order valence-corrected chi connectivity index (χ1v) is 12.4. The van der Waals surface area contributed by atoms with Crippen molar-refractivity contribution in [1.29, 1.82) is 0 Å².